The van der Waals surface area contributed by atoms with Gasteiger partial charge < -0.3 is 15.4 Å². The van der Waals surface area contributed by atoms with Gasteiger partial charge in [-0.15, -0.1) is 0 Å². The summed E-state index contributed by atoms with van der Waals surface area (Å²) in [7, 11) is 5.04. The number of carbonyl (C=O) groups is 2. The number of carbonyl (C=O) groups excluding carboxylic acids is 2. The minimum absolute atomic E-state index is 0.00867. The molecule has 0 aliphatic carbocycles. The minimum atomic E-state index is -0.505. The van der Waals surface area contributed by atoms with E-state index in [4.69, 9.17) is 10.5 Å². The molecule has 1 rings (SSSR count). The van der Waals surface area contributed by atoms with Crippen molar-refractivity contribution in [1.29, 1.82) is 0 Å². The molecule has 2 N–H and O–H groups in total. The summed E-state index contributed by atoms with van der Waals surface area (Å²) in [5, 5.41) is 4.16. The first kappa shape index (κ1) is 16.0. The van der Waals surface area contributed by atoms with Crippen LogP contribution in [-0.2, 0) is 23.0 Å². The number of ether oxygens (including phenoxy) is 1. The van der Waals surface area contributed by atoms with Gasteiger partial charge in [-0.2, -0.15) is 5.10 Å². The lowest BCUT2D eigenvalue weighted by atomic mass is 10.2. The van der Waals surface area contributed by atoms with Crippen LogP contribution in [0.3, 0.4) is 0 Å². The third kappa shape index (κ3) is 3.72. The van der Waals surface area contributed by atoms with Gasteiger partial charge in [-0.25, -0.2) is 4.79 Å². The van der Waals surface area contributed by atoms with Crippen LogP contribution in [0.2, 0.25) is 0 Å². The van der Waals surface area contributed by atoms with Crippen molar-refractivity contribution in [3.8, 4) is 0 Å². The van der Waals surface area contributed by atoms with Crippen molar-refractivity contribution in [1.82, 2.24) is 14.7 Å². The summed E-state index contributed by atoms with van der Waals surface area (Å²) in [6.07, 6.45) is 1.49. The average Bonchev–Trinajstić information content (AvgIpc) is 2.68. The first-order valence-corrected chi connectivity index (χ1v) is 6.57. The second-order valence-corrected chi connectivity index (χ2v) is 4.71. The van der Waals surface area contributed by atoms with E-state index >= 15 is 0 Å². The second-order valence-electron chi connectivity index (χ2n) is 4.71. The van der Waals surface area contributed by atoms with E-state index in [9.17, 15) is 9.59 Å². The van der Waals surface area contributed by atoms with Crippen LogP contribution in [0, 0.1) is 0 Å². The molecule has 0 atom stereocenters. The summed E-state index contributed by atoms with van der Waals surface area (Å²) in [5.74, 6) is -0.496. The summed E-state index contributed by atoms with van der Waals surface area (Å²) in [6, 6.07) is 0. The van der Waals surface area contributed by atoms with E-state index in [1.807, 2.05) is 6.92 Å². The molecule has 0 aromatic carbocycles. The standard InChI is InChI=1S/C13H22N4O3/c1-5-9-11(14)12(17(4)15-9)13(19)20-8-6-7-10(18)16(2)3/h5-8,14H2,1-4H3. The predicted octanol–water partition coefficient (Wildman–Crippen LogP) is 0.590. The highest BCUT2D eigenvalue weighted by Crippen LogP contribution is 2.17. The van der Waals surface area contributed by atoms with Gasteiger partial charge in [0, 0.05) is 27.6 Å². The van der Waals surface area contributed by atoms with Crippen LogP contribution in [0.15, 0.2) is 0 Å². The second kappa shape index (κ2) is 6.93. The lowest BCUT2D eigenvalue weighted by Gasteiger charge is -2.10. The van der Waals surface area contributed by atoms with E-state index in [2.05, 4.69) is 5.10 Å². The Labute approximate surface area is 118 Å². The Morgan fingerprint density at radius 2 is 2.05 bits per heavy atom. The number of nitrogen functional groups attached to an aromatic ring is 1. The highest BCUT2D eigenvalue weighted by atomic mass is 16.5. The average molecular weight is 282 g/mol. The van der Waals surface area contributed by atoms with Crippen LogP contribution in [0.1, 0.15) is 35.9 Å². The smallest absolute Gasteiger partial charge is 0.358 e. The number of aromatic nitrogens is 2. The summed E-state index contributed by atoms with van der Waals surface area (Å²) in [4.78, 5) is 24.8. The summed E-state index contributed by atoms with van der Waals surface area (Å²) in [6.45, 7) is 2.10. The van der Waals surface area contributed by atoms with Crippen molar-refractivity contribution in [2.24, 2.45) is 7.05 Å². The molecule has 0 aliphatic rings. The Hall–Kier alpha value is -2.05. The number of amides is 1. The molecule has 0 unspecified atom stereocenters. The van der Waals surface area contributed by atoms with Gasteiger partial charge in [0.25, 0.3) is 0 Å². The lowest BCUT2D eigenvalue weighted by Crippen LogP contribution is -2.22. The molecule has 1 heterocycles. The van der Waals surface area contributed by atoms with Crippen LogP contribution in [0.4, 0.5) is 5.69 Å². The molecule has 1 aromatic rings. The van der Waals surface area contributed by atoms with Crippen LogP contribution in [-0.4, -0.2) is 47.3 Å². The van der Waals surface area contributed by atoms with E-state index in [-0.39, 0.29) is 18.2 Å². The number of nitrogens with zero attached hydrogens (tertiary/aromatic N) is 3. The summed E-state index contributed by atoms with van der Waals surface area (Å²) < 4.78 is 6.56. The van der Waals surface area contributed by atoms with Gasteiger partial charge >= 0.3 is 5.97 Å². The fourth-order valence-corrected chi connectivity index (χ4v) is 1.78. The first-order chi connectivity index (χ1) is 9.38. The molecule has 112 valence electrons. The van der Waals surface area contributed by atoms with Crippen molar-refractivity contribution in [2.75, 3.05) is 26.4 Å². The zero-order valence-electron chi connectivity index (χ0n) is 12.5. The molecule has 0 bridgehead atoms. The van der Waals surface area contributed by atoms with Gasteiger partial charge in [0.15, 0.2) is 5.69 Å². The number of nitrogens with two attached hydrogens (primary N) is 1. The fourth-order valence-electron chi connectivity index (χ4n) is 1.78. The Kier molecular flexibility index (Phi) is 5.54. The van der Waals surface area contributed by atoms with Crippen LogP contribution < -0.4 is 5.73 Å². The van der Waals surface area contributed by atoms with Crippen molar-refractivity contribution in [2.45, 2.75) is 26.2 Å². The molecular weight excluding hydrogens is 260 g/mol. The number of aryl methyl sites for hydroxylation is 2. The quantitative estimate of drug-likeness (QED) is 0.609. The molecule has 0 saturated heterocycles. The number of hydrogen-bond donors (Lipinski definition) is 1. The summed E-state index contributed by atoms with van der Waals surface area (Å²) in [5.41, 5.74) is 7.18. The molecule has 20 heavy (non-hydrogen) atoms. The molecular formula is C13H22N4O3. The molecule has 7 heteroatoms. The third-order valence-electron chi connectivity index (χ3n) is 2.96. The molecule has 0 aliphatic heterocycles. The van der Waals surface area contributed by atoms with Crippen molar-refractivity contribution in [3.05, 3.63) is 11.4 Å². The van der Waals surface area contributed by atoms with Crippen LogP contribution >= 0.6 is 0 Å². The first-order valence-electron chi connectivity index (χ1n) is 6.57. The maximum atomic E-state index is 11.9. The fraction of sp³-hybridized carbons (Fsp3) is 0.615. The number of hydrogen-bond acceptors (Lipinski definition) is 5. The highest BCUT2D eigenvalue weighted by molar-refractivity contribution is 5.93. The van der Waals surface area contributed by atoms with E-state index in [1.165, 1.54) is 9.58 Å². The molecule has 0 fully saturated rings. The minimum Gasteiger partial charge on any atom is -0.461 e. The van der Waals surface area contributed by atoms with E-state index in [1.54, 1.807) is 21.1 Å². The maximum absolute atomic E-state index is 11.9. The summed E-state index contributed by atoms with van der Waals surface area (Å²) >= 11 is 0. The van der Waals surface area contributed by atoms with Crippen LogP contribution in [0.25, 0.3) is 0 Å². The van der Waals surface area contributed by atoms with E-state index in [0.717, 1.165) is 0 Å². The van der Waals surface area contributed by atoms with Crippen molar-refractivity contribution >= 4 is 17.6 Å². The number of esters is 1. The Morgan fingerprint density at radius 1 is 1.40 bits per heavy atom. The van der Waals surface area contributed by atoms with Crippen molar-refractivity contribution < 1.29 is 14.3 Å². The Bertz CT molecular complexity index is 494. The Morgan fingerprint density at radius 3 is 2.55 bits per heavy atom. The molecule has 0 spiro atoms. The number of rotatable bonds is 6. The molecule has 1 aromatic heterocycles. The molecule has 7 nitrogen and oxygen atoms in total. The van der Waals surface area contributed by atoms with Gasteiger partial charge in [-0.05, 0) is 12.8 Å². The van der Waals surface area contributed by atoms with E-state index in [0.29, 0.717) is 30.6 Å². The van der Waals surface area contributed by atoms with Gasteiger partial charge in [0.1, 0.15) is 0 Å². The third-order valence-corrected chi connectivity index (χ3v) is 2.96. The number of anilines is 1. The lowest BCUT2D eigenvalue weighted by molar-refractivity contribution is -0.128. The van der Waals surface area contributed by atoms with Gasteiger partial charge in [0.2, 0.25) is 5.91 Å². The zero-order chi connectivity index (χ0) is 15.3. The molecule has 1 amide bonds. The zero-order valence-corrected chi connectivity index (χ0v) is 12.5. The predicted molar refractivity (Wildman–Crippen MR) is 75.2 cm³/mol. The molecule has 0 radical (unpaired) electrons. The van der Waals surface area contributed by atoms with Gasteiger partial charge in [-0.1, -0.05) is 6.92 Å². The normalized spacial score (nSPS) is 10.4. The maximum Gasteiger partial charge on any atom is 0.358 e. The Balaban J connectivity index is 2.52. The highest BCUT2D eigenvalue weighted by Gasteiger charge is 2.20. The SMILES string of the molecule is CCc1nn(C)c(C(=O)OCCCC(=O)N(C)C)c1N. The van der Waals surface area contributed by atoms with Gasteiger partial charge in [0.05, 0.1) is 18.0 Å². The molecule has 0 saturated carbocycles. The van der Waals surface area contributed by atoms with Crippen LogP contribution in [0.5, 0.6) is 0 Å². The van der Waals surface area contributed by atoms with E-state index < -0.39 is 5.97 Å². The monoisotopic (exact) mass is 282 g/mol. The van der Waals surface area contributed by atoms with Crippen molar-refractivity contribution in [3.63, 3.8) is 0 Å². The van der Waals surface area contributed by atoms with Gasteiger partial charge in [-0.3, -0.25) is 9.48 Å². The topological polar surface area (TPSA) is 90.5 Å². The largest absolute Gasteiger partial charge is 0.461 e.